The number of hydrazine groups is 1. The summed E-state index contributed by atoms with van der Waals surface area (Å²) >= 11 is 5.44. The van der Waals surface area contributed by atoms with E-state index in [0.29, 0.717) is 5.11 Å². The van der Waals surface area contributed by atoms with E-state index in [1.54, 1.807) is 5.01 Å². The third-order valence-corrected chi connectivity index (χ3v) is 4.11. The fraction of sp³-hybridized carbons (Fsp3) is 0.929. The van der Waals surface area contributed by atoms with Crippen LogP contribution in [0.2, 0.25) is 0 Å². The molecule has 1 rings (SSSR count). The van der Waals surface area contributed by atoms with E-state index in [9.17, 15) is 0 Å². The summed E-state index contributed by atoms with van der Waals surface area (Å²) in [5.74, 6) is 6.06. The number of thiocarbonyl (C=S) groups is 1. The Balaban J connectivity index is 2.76. The number of nitrogens with zero attached hydrogens (tertiary/aromatic N) is 3. The maximum absolute atomic E-state index is 6.06. The first kappa shape index (κ1) is 17.3. The highest BCUT2D eigenvalue weighted by molar-refractivity contribution is 7.80. The Morgan fingerprint density at radius 1 is 1.30 bits per heavy atom. The molecule has 1 unspecified atom stereocenters. The van der Waals surface area contributed by atoms with Gasteiger partial charge in [0.05, 0.1) is 6.04 Å². The largest absolute Gasteiger partial charge is 0.336 e. The molecular weight excluding hydrogens is 270 g/mol. The SMILES string of the molecule is CCC(C)N(N)C(=S)NC1(N=NC(C)C)CCCCC1. The van der Waals surface area contributed by atoms with Crippen molar-refractivity contribution in [3.63, 3.8) is 0 Å². The Kier molecular flexibility index (Phi) is 6.82. The summed E-state index contributed by atoms with van der Waals surface area (Å²) in [4.78, 5) is 0. The second-order valence-corrected chi connectivity index (χ2v) is 6.38. The van der Waals surface area contributed by atoms with Crippen LogP contribution in [-0.2, 0) is 0 Å². The summed E-state index contributed by atoms with van der Waals surface area (Å²) in [5.41, 5.74) is -0.356. The first-order valence-electron chi connectivity index (χ1n) is 7.68. The van der Waals surface area contributed by atoms with Gasteiger partial charge in [0.2, 0.25) is 0 Å². The van der Waals surface area contributed by atoms with Crippen molar-refractivity contribution < 1.29 is 0 Å². The molecule has 0 aliphatic heterocycles. The number of hydrogen-bond acceptors (Lipinski definition) is 4. The summed E-state index contributed by atoms with van der Waals surface area (Å²) in [5, 5.41) is 14.5. The molecule has 0 bridgehead atoms. The van der Waals surface area contributed by atoms with Crippen LogP contribution >= 0.6 is 12.2 Å². The van der Waals surface area contributed by atoms with Crippen LogP contribution in [0.15, 0.2) is 10.2 Å². The van der Waals surface area contributed by atoms with Gasteiger partial charge >= 0.3 is 0 Å². The van der Waals surface area contributed by atoms with E-state index in [0.717, 1.165) is 32.1 Å². The topological polar surface area (TPSA) is 66.0 Å². The highest BCUT2D eigenvalue weighted by atomic mass is 32.1. The van der Waals surface area contributed by atoms with Crippen LogP contribution in [0, 0.1) is 0 Å². The van der Waals surface area contributed by atoms with Crippen molar-refractivity contribution in [2.45, 2.75) is 84.0 Å². The zero-order valence-electron chi connectivity index (χ0n) is 13.2. The van der Waals surface area contributed by atoms with E-state index in [4.69, 9.17) is 18.1 Å². The molecule has 0 radical (unpaired) electrons. The molecule has 3 N–H and O–H groups in total. The number of rotatable bonds is 5. The Morgan fingerprint density at radius 3 is 2.40 bits per heavy atom. The monoisotopic (exact) mass is 299 g/mol. The fourth-order valence-corrected chi connectivity index (χ4v) is 2.64. The van der Waals surface area contributed by atoms with Gasteiger partial charge in [-0.15, -0.1) is 0 Å². The van der Waals surface area contributed by atoms with Crippen LogP contribution in [0.4, 0.5) is 0 Å². The van der Waals surface area contributed by atoms with Gasteiger partial charge in [-0.05, 0) is 65.1 Å². The molecule has 1 atom stereocenters. The standard InChI is InChI=1S/C14H29N5S/c1-5-12(4)19(15)13(20)16-14(18-17-11(2)3)9-7-6-8-10-14/h11-12H,5-10,15H2,1-4H3,(H,16,20). The van der Waals surface area contributed by atoms with Crippen molar-refractivity contribution in [1.82, 2.24) is 10.3 Å². The molecule has 0 spiro atoms. The first-order chi connectivity index (χ1) is 9.40. The van der Waals surface area contributed by atoms with Crippen LogP contribution in [0.25, 0.3) is 0 Å². The molecule has 20 heavy (non-hydrogen) atoms. The number of azo groups is 1. The van der Waals surface area contributed by atoms with Crippen LogP contribution in [0.5, 0.6) is 0 Å². The second kappa shape index (κ2) is 7.88. The summed E-state index contributed by atoms with van der Waals surface area (Å²) in [6.07, 6.45) is 6.46. The van der Waals surface area contributed by atoms with E-state index >= 15 is 0 Å². The van der Waals surface area contributed by atoms with E-state index < -0.39 is 0 Å². The Morgan fingerprint density at radius 2 is 1.90 bits per heavy atom. The molecule has 0 saturated heterocycles. The smallest absolute Gasteiger partial charge is 0.185 e. The van der Waals surface area contributed by atoms with Gasteiger partial charge in [-0.25, -0.2) is 5.84 Å². The lowest BCUT2D eigenvalue weighted by atomic mass is 9.90. The second-order valence-electron chi connectivity index (χ2n) is 6.00. The lowest BCUT2D eigenvalue weighted by Gasteiger charge is -2.37. The predicted molar refractivity (Wildman–Crippen MR) is 87.3 cm³/mol. The Hall–Kier alpha value is -0.750. The number of nitrogens with two attached hydrogens (primary N) is 1. The highest BCUT2D eigenvalue weighted by Crippen LogP contribution is 2.30. The van der Waals surface area contributed by atoms with Crippen molar-refractivity contribution in [2.24, 2.45) is 16.1 Å². The van der Waals surface area contributed by atoms with Gasteiger partial charge in [-0.2, -0.15) is 10.2 Å². The van der Waals surface area contributed by atoms with Gasteiger partial charge in [0.1, 0.15) is 0 Å². The first-order valence-corrected chi connectivity index (χ1v) is 8.09. The molecule has 1 fully saturated rings. The molecule has 1 saturated carbocycles. The molecule has 0 heterocycles. The minimum Gasteiger partial charge on any atom is -0.336 e. The molecule has 1 aliphatic rings. The third-order valence-electron chi connectivity index (χ3n) is 3.80. The Labute approximate surface area is 128 Å². The van der Waals surface area contributed by atoms with Gasteiger partial charge in [0.15, 0.2) is 10.8 Å². The van der Waals surface area contributed by atoms with E-state index in [2.05, 4.69) is 29.4 Å². The molecule has 0 aromatic heterocycles. The lowest BCUT2D eigenvalue weighted by Crippen LogP contribution is -2.57. The molecule has 0 aromatic carbocycles. The summed E-state index contributed by atoms with van der Waals surface area (Å²) in [6, 6.07) is 0.422. The zero-order chi connectivity index (χ0) is 15.2. The number of hydrogen-bond donors (Lipinski definition) is 2. The van der Waals surface area contributed by atoms with Crippen molar-refractivity contribution in [1.29, 1.82) is 0 Å². The maximum Gasteiger partial charge on any atom is 0.185 e. The molecular formula is C14H29N5S. The maximum atomic E-state index is 6.06. The highest BCUT2D eigenvalue weighted by Gasteiger charge is 2.34. The van der Waals surface area contributed by atoms with E-state index in [1.807, 2.05) is 13.8 Å². The molecule has 116 valence electrons. The average molecular weight is 299 g/mol. The average Bonchev–Trinajstić information content (AvgIpc) is 2.44. The van der Waals surface area contributed by atoms with Crippen LogP contribution in [-0.4, -0.2) is 27.9 Å². The quantitative estimate of drug-likeness (QED) is 0.353. The van der Waals surface area contributed by atoms with Crippen molar-refractivity contribution in [3.05, 3.63) is 0 Å². The minimum atomic E-state index is -0.356. The molecule has 0 aromatic rings. The van der Waals surface area contributed by atoms with Crippen LogP contribution in [0.1, 0.15) is 66.2 Å². The van der Waals surface area contributed by atoms with Gasteiger partial charge in [0.25, 0.3) is 0 Å². The van der Waals surface area contributed by atoms with Gasteiger partial charge in [0, 0.05) is 6.04 Å². The molecule has 5 nitrogen and oxygen atoms in total. The van der Waals surface area contributed by atoms with Gasteiger partial charge in [-0.3, -0.25) is 5.01 Å². The van der Waals surface area contributed by atoms with E-state index in [-0.39, 0.29) is 17.7 Å². The predicted octanol–water partition coefficient (Wildman–Crippen LogP) is 3.36. The molecule has 6 heteroatoms. The fourth-order valence-electron chi connectivity index (χ4n) is 2.27. The minimum absolute atomic E-state index is 0.202. The van der Waals surface area contributed by atoms with Gasteiger partial charge < -0.3 is 5.32 Å². The molecule has 0 amide bonds. The van der Waals surface area contributed by atoms with Gasteiger partial charge in [-0.1, -0.05) is 13.3 Å². The lowest BCUT2D eigenvalue weighted by molar-refractivity contribution is 0.241. The third kappa shape index (κ3) is 4.98. The van der Waals surface area contributed by atoms with Crippen LogP contribution in [0.3, 0.4) is 0 Å². The van der Waals surface area contributed by atoms with Crippen molar-refractivity contribution in [3.8, 4) is 0 Å². The van der Waals surface area contributed by atoms with E-state index in [1.165, 1.54) is 6.42 Å². The Bertz CT molecular complexity index is 336. The zero-order valence-corrected chi connectivity index (χ0v) is 14.0. The van der Waals surface area contributed by atoms with Crippen LogP contribution < -0.4 is 11.2 Å². The normalized spacial score (nSPS) is 20.1. The van der Waals surface area contributed by atoms with Crippen molar-refractivity contribution >= 4 is 17.3 Å². The number of nitrogens with one attached hydrogen (secondary N) is 1. The summed E-state index contributed by atoms with van der Waals surface area (Å²) < 4.78 is 0. The van der Waals surface area contributed by atoms with Crippen molar-refractivity contribution in [2.75, 3.05) is 0 Å². The summed E-state index contributed by atoms with van der Waals surface area (Å²) in [7, 11) is 0. The summed E-state index contributed by atoms with van der Waals surface area (Å²) in [6.45, 7) is 8.23. The molecule has 1 aliphatic carbocycles.